The van der Waals surface area contributed by atoms with Gasteiger partial charge in [0, 0.05) is 33.6 Å². The molecule has 1 N–H and O–H groups in total. The van der Waals surface area contributed by atoms with Crippen LogP contribution in [0.1, 0.15) is 52.0 Å². The van der Waals surface area contributed by atoms with E-state index in [1.807, 2.05) is 0 Å². The molecule has 2 aliphatic rings. The second-order valence-corrected chi connectivity index (χ2v) is 12.4. The second-order valence-electron chi connectivity index (χ2n) is 8.55. The van der Waals surface area contributed by atoms with Gasteiger partial charge in [0.05, 0.1) is 24.3 Å². The van der Waals surface area contributed by atoms with E-state index in [0.717, 1.165) is 36.1 Å². The number of thiophene rings is 1. The van der Waals surface area contributed by atoms with Crippen LogP contribution in [0, 0.1) is 5.92 Å². The molecule has 0 bridgehead atoms. The Labute approximate surface area is 213 Å². The summed E-state index contributed by atoms with van der Waals surface area (Å²) in [5.41, 5.74) is 1.75. The van der Waals surface area contributed by atoms with Crippen molar-refractivity contribution < 1.29 is 22.7 Å². The number of carbonyl (C=O) groups is 2. The van der Waals surface area contributed by atoms with Gasteiger partial charge in [-0.3, -0.25) is 4.79 Å². The molecule has 0 saturated carbocycles. The van der Waals surface area contributed by atoms with Gasteiger partial charge in [-0.25, -0.2) is 17.5 Å². The monoisotopic (exact) mass is 544 g/mol. The highest BCUT2D eigenvalue weighted by Crippen LogP contribution is 2.39. The summed E-state index contributed by atoms with van der Waals surface area (Å²) in [5, 5.41) is 3.98. The lowest BCUT2D eigenvalue weighted by atomic mass is 9.95. The van der Waals surface area contributed by atoms with E-state index in [0.29, 0.717) is 45.6 Å². The van der Waals surface area contributed by atoms with E-state index in [2.05, 4.69) is 5.32 Å². The first-order chi connectivity index (χ1) is 16.2. The Hall–Kier alpha value is -1.65. The third kappa shape index (κ3) is 5.28. The van der Waals surface area contributed by atoms with E-state index in [-0.39, 0.29) is 18.2 Å². The average Bonchev–Trinajstić information content (AvgIpc) is 3.19. The fourth-order valence-corrected chi connectivity index (χ4v) is 8.18. The number of methoxy groups -OCH3 is 1. The van der Waals surface area contributed by atoms with Crippen LogP contribution in [0.4, 0.5) is 5.00 Å². The lowest BCUT2D eigenvalue weighted by molar-refractivity contribution is -0.120. The molecule has 1 amide bonds. The summed E-state index contributed by atoms with van der Waals surface area (Å²) >= 11 is 13.8. The summed E-state index contributed by atoms with van der Waals surface area (Å²) in [4.78, 5) is 26.7. The minimum atomic E-state index is -3.74. The number of carbonyl (C=O) groups excluding carboxylic acids is 2. The number of fused-ring (bicyclic) bond motifs is 1. The molecule has 2 aromatic rings. The number of esters is 1. The topological polar surface area (TPSA) is 92.8 Å². The van der Waals surface area contributed by atoms with Gasteiger partial charge in [0.2, 0.25) is 15.9 Å². The number of piperidine rings is 1. The van der Waals surface area contributed by atoms with Crippen LogP contribution in [0.3, 0.4) is 0 Å². The summed E-state index contributed by atoms with van der Waals surface area (Å²) in [5.74, 6) is -1.61. The van der Waals surface area contributed by atoms with Crippen molar-refractivity contribution in [3.63, 3.8) is 0 Å². The van der Waals surface area contributed by atoms with E-state index in [9.17, 15) is 18.0 Å². The zero-order valence-corrected chi connectivity index (χ0v) is 21.9. The van der Waals surface area contributed by atoms with E-state index >= 15 is 0 Å². The number of nitrogens with one attached hydrogen (secondary N) is 1. The molecule has 11 heteroatoms. The van der Waals surface area contributed by atoms with Crippen molar-refractivity contribution in [2.24, 2.45) is 5.92 Å². The smallest absolute Gasteiger partial charge is 0.341 e. The van der Waals surface area contributed by atoms with Gasteiger partial charge in [0.15, 0.2) is 0 Å². The summed E-state index contributed by atoms with van der Waals surface area (Å²) < 4.78 is 32.5. The SMILES string of the molecule is COC(=O)c1c(NC(=O)[C@H]2CCCN(S(=O)(=O)Cc3c(Cl)cccc3Cl)C2)sc2c1CCCC2. The third-order valence-electron chi connectivity index (χ3n) is 6.33. The van der Waals surface area contributed by atoms with Gasteiger partial charge in [-0.1, -0.05) is 29.3 Å². The first-order valence-corrected chi connectivity index (χ1v) is 14.3. The lowest BCUT2D eigenvalue weighted by Crippen LogP contribution is -2.44. The van der Waals surface area contributed by atoms with Crippen molar-refractivity contribution >= 4 is 61.4 Å². The first kappa shape index (κ1) is 25.4. The largest absolute Gasteiger partial charge is 0.465 e. The molecule has 34 heavy (non-hydrogen) atoms. The normalized spacial score (nSPS) is 18.9. The van der Waals surface area contributed by atoms with Crippen LogP contribution in [-0.4, -0.2) is 44.8 Å². The number of rotatable bonds is 6. The molecule has 0 spiro atoms. The molecular weight excluding hydrogens is 519 g/mol. The minimum Gasteiger partial charge on any atom is -0.465 e. The van der Waals surface area contributed by atoms with Crippen LogP contribution in [0.5, 0.6) is 0 Å². The predicted octanol–water partition coefficient (Wildman–Crippen LogP) is 4.90. The van der Waals surface area contributed by atoms with Crippen molar-refractivity contribution in [3.8, 4) is 0 Å². The standard InChI is InChI=1S/C23H26Cl2N2O5S2/c1-32-23(29)20-15-7-2-3-10-19(15)33-22(20)26-21(28)14-6-5-11-27(12-14)34(30,31)13-16-17(24)8-4-9-18(16)25/h4,8-9,14H,2-3,5-7,10-13H2,1H3,(H,26,28)/t14-/m0/s1. The van der Waals surface area contributed by atoms with Gasteiger partial charge in [0.1, 0.15) is 5.00 Å². The highest BCUT2D eigenvalue weighted by atomic mass is 35.5. The zero-order chi connectivity index (χ0) is 24.5. The van der Waals surface area contributed by atoms with Crippen LogP contribution in [0.2, 0.25) is 10.0 Å². The van der Waals surface area contributed by atoms with Gasteiger partial charge in [-0.2, -0.15) is 0 Å². The number of benzene rings is 1. The molecule has 1 aromatic heterocycles. The molecular formula is C23H26Cl2N2O5S2. The van der Waals surface area contributed by atoms with E-state index in [4.69, 9.17) is 27.9 Å². The Bertz CT molecular complexity index is 1190. The average molecular weight is 546 g/mol. The van der Waals surface area contributed by atoms with Crippen molar-refractivity contribution in [2.45, 2.75) is 44.3 Å². The van der Waals surface area contributed by atoms with Crippen LogP contribution in [0.25, 0.3) is 0 Å². The molecule has 1 atom stereocenters. The highest BCUT2D eigenvalue weighted by Gasteiger charge is 2.34. The minimum absolute atomic E-state index is 0.0644. The Kier molecular flexibility index (Phi) is 7.89. The predicted molar refractivity (Wildman–Crippen MR) is 134 cm³/mol. The Morgan fingerprint density at radius 3 is 2.59 bits per heavy atom. The fourth-order valence-electron chi connectivity index (χ4n) is 4.54. The molecule has 1 aliphatic heterocycles. The van der Waals surface area contributed by atoms with Gasteiger partial charge in [-0.05, 0) is 56.2 Å². The maximum Gasteiger partial charge on any atom is 0.341 e. The summed E-state index contributed by atoms with van der Waals surface area (Å²) in [6.45, 7) is 0.393. The van der Waals surface area contributed by atoms with Crippen molar-refractivity contribution in [1.82, 2.24) is 4.31 Å². The Morgan fingerprint density at radius 1 is 1.18 bits per heavy atom. The molecule has 1 fully saturated rings. The molecule has 0 radical (unpaired) electrons. The number of ether oxygens (including phenoxy) is 1. The zero-order valence-electron chi connectivity index (χ0n) is 18.7. The maximum absolute atomic E-state index is 13.2. The molecule has 1 aromatic carbocycles. The van der Waals surface area contributed by atoms with E-state index in [1.54, 1.807) is 18.2 Å². The molecule has 184 valence electrons. The van der Waals surface area contributed by atoms with Crippen LogP contribution < -0.4 is 5.32 Å². The van der Waals surface area contributed by atoms with Gasteiger partial charge in [0.25, 0.3) is 0 Å². The van der Waals surface area contributed by atoms with Crippen LogP contribution >= 0.6 is 34.5 Å². The number of aryl methyl sites for hydroxylation is 1. The number of nitrogens with zero attached hydrogens (tertiary/aromatic N) is 1. The Balaban J connectivity index is 1.50. The van der Waals surface area contributed by atoms with Crippen molar-refractivity contribution in [1.29, 1.82) is 0 Å². The molecule has 4 rings (SSSR count). The van der Waals surface area contributed by atoms with E-state index in [1.165, 1.54) is 22.8 Å². The number of amides is 1. The number of anilines is 1. The summed E-state index contributed by atoms with van der Waals surface area (Å²) in [7, 11) is -2.41. The molecule has 2 heterocycles. The number of hydrogen-bond donors (Lipinski definition) is 1. The van der Waals surface area contributed by atoms with E-state index < -0.39 is 21.9 Å². The second kappa shape index (κ2) is 10.5. The molecule has 7 nitrogen and oxygen atoms in total. The fraction of sp³-hybridized carbons (Fsp3) is 0.478. The lowest BCUT2D eigenvalue weighted by Gasteiger charge is -2.31. The quantitative estimate of drug-likeness (QED) is 0.522. The number of halogens is 2. The number of hydrogen-bond acceptors (Lipinski definition) is 6. The van der Waals surface area contributed by atoms with Gasteiger partial charge < -0.3 is 10.1 Å². The van der Waals surface area contributed by atoms with Gasteiger partial charge in [-0.15, -0.1) is 11.3 Å². The van der Waals surface area contributed by atoms with Crippen LogP contribution in [-0.2, 0) is 38.1 Å². The number of sulfonamides is 1. The van der Waals surface area contributed by atoms with Crippen LogP contribution in [0.15, 0.2) is 18.2 Å². The maximum atomic E-state index is 13.2. The molecule has 1 saturated heterocycles. The highest BCUT2D eigenvalue weighted by molar-refractivity contribution is 7.88. The third-order valence-corrected chi connectivity index (χ3v) is 10.0. The van der Waals surface area contributed by atoms with Crippen molar-refractivity contribution in [3.05, 3.63) is 49.8 Å². The van der Waals surface area contributed by atoms with Gasteiger partial charge >= 0.3 is 5.97 Å². The molecule has 1 aliphatic carbocycles. The summed E-state index contributed by atoms with van der Waals surface area (Å²) in [6, 6.07) is 4.86. The summed E-state index contributed by atoms with van der Waals surface area (Å²) in [6.07, 6.45) is 4.81. The first-order valence-electron chi connectivity index (χ1n) is 11.2. The molecule has 0 unspecified atom stereocenters. The Morgan fingerprint density at radius 2 is 1.88 bits per heavy atom. The van der Waals surface area contributed by atoms with Crippen molar-refractivity contribution in [2.75, 3.05) is 25.5 Å².